The van der Waals surface area contributed by atoms with Crippen molar-refractivity contribution in [3.05, 3.63) is 83.6 Å². The van der Waals surface area contributed by atoms with Crippen molar-refractivity contribution in [2.45, 2.75) is 142 Å². The second-order valence-corrected chi connectivity index (χ2v) is 22.5. The van der Waals surface area contributed by atoms with E-state index < -0.39 is 112 Å². The summed E-state index contributed by atoms with van der Waals surface area (Å²) < 4.78 is 103. The summed E-state index contributed by atoms with van der Waals surface area (Å²) >= 11 is 0. The molecule has 0 aliphatic carbocycles. The Morgan fingerprint density at radius 2 is 1.42 bits per heavy atom. The van der Waals surface area contributed by atoms with Gasteiger partial charge < -0.3 is 75.0 Å². The maximum absolute atomic E-state index is 12.8. The molecule has 24 nitrogen and oxygen atoms in total. The largest absolute Gasteiger partial charge is 0.441 e. The number of ether oxygens (including phenoxy) is 6. The van der Waals surface area contributed by atoms with Crippen LogP contribution in [0.2, 0.25) is 0 Å². The summed E-state index contributed by atoms with van der Waals surface area (Å²) in [6.07, 6.45) is -5.99. The minimum atomic E-state index is -4.48. The topological polar surface area (TPSA) is 364 Å². The third kappa shape index (κ3) is 13.7. The Bertz CT molecular complexity index is 2750. The van der Waals surface area contributed by atoms with E-state index in [9.17, 15) is 66.2 Å². The fraction of sp³-hybridized carbons (Fsp3) is 0.580. The van der Waals surface area contributed by atoms with Crippen LogP contribution in [0.5, 0.6) is 0 Å². The summed E-state index contributed by atoms with van der Waals surface area (Å²) in [5, 5.41) is 64.9. The zero-order valence-corrected chi connectivity index (χ0v) is 44.5. The number of hydrogen-bond acceptors (Lipinski definition) is 19. The Labute approximate surface area is 441 Å². The van der Waals surface area contributed by atoms with Crippen LogP contribution in [-0.2, 0) is 64.3 Å². The van der Waals surface area contributed by atoms with E-state index in [2.05, 4.69) is 14.8 Å². The molecule has 2 aromatic rings. The summed E-state index contributed by atoms with van der Waals surface area (Å²) in [5.74, 6) is -0.207. The van der Waals surface area contributed by atoms with Gasteiger partial charge in [-0.3, -0.25) is 13.9 Å². The number of carbonyl (C=O) groups excluding carboxylic acids is 2. The number of likely N-dealkylation sites (N-methyl/N-ethyl adjacent to an activating group) is 1. The fourth-order valence-corrected chi connectivity index (χ4v) is 10.9. The minimum absolute atomic E-state index is 0.0489. The van der Waals surface area contributed by atoms with Crippen molar-refractivity contribution in [1.29, 1.82) is 0 Å². The van der Waals surface area contributed by atoms with Gasteiger partial charge in [0.25, 0.3) is 20.2 Å². The van der Waals surface area contributed by atoms with Crippen molar-refractivity contribution in [3.8, 4) is 0 Å². The number of fused-ring (bicyclic) bond motifs is 2. The number of hydrogen-bond donors (Lipinski definition) is 10. The highest BCUT2D eigenvalue weighted by atomic mass is 32.2. The average molecular weight is 1110 g/mol. The van der Waals surface area contributed by atoms with E-state index in [-0.39, 0.29) is 48.5 Å². The number of benzene rings is 2. The molecule has 2 fully saturated rings. The first-order valence-corrected chi connectivity index (χ1v) is 27.7. The molecule has 2 aromatic carbocycles. The fourth-order valence-electron chi connectivity index (χ4n) is 9.91. The molecule has 0 aromatic heterocycles. The van der Waals surface area contributed by atoms with E-state index >= 15 is 0 Å². The van der Waals surface area contributed by atoms with Gasteiger partial charge in [-0.15, -0.1) is 0 Å². The van der Waals surface area contributed by atoms with Crippen LogP contribution in [0.4, 0.5) is 16.2 Å². The first kappa shape index (κ1) is 60.5. The minimum Gasteiger partial charge on any atom is -0.441 e. The Hall–Kier alpha value is -4.75. The van der Waals surface area contributed by atoms with Crippen LogP contribution in [0.15, 0.2) is 82.3 Å². The summed E-state index contributed by atoms with van der Waals surface area (Å²) in [4.78, 5) is 25.9. The van der Waals surface area contributed by atoms with Crippen molar-refractivity contribution in [2.24, 2.45) is 5.73 Å². The zero-order valence-electron chi connectivity index (χ0n) is 42.9. The highest BCUT2D eigenvalue weighted by Crippen LogP contribution is 2.48. The standard InChI is InChI=1S/C50H70N4O20S2/c1-6-53-33-18-16-29(75(63,64)65)25-31(33)49(2,3)37(53)13-9-7-10-14-38-50(4,5)32-26-30(76(66,67)68)17-19-34(32)54(38)21-12-8-11-15-39(57)52-20-22-69-23-24-70-47-45(42(60)40(58)35(27-55)72-47)73-46-43(61)44(74-48(51)62)41(59)36(28-56)71-46/h7,9-10,13-14,16-19,25-26,35-36,40-47,55-56,58-61H,6,8,11-12,15,20-24,27-28H2,1-5H3,(H4-,51,52,57,62,63,64,65,66,67,68)/p+1/t35-,36+,40-,41+,42-,43-,44-,45-,46+,47?/m0/s1. The first-order chi connectivity index (χ1) is 35.8. The molecule has 422 valence electrons. The molecule has 2 saturated heterocycles. The maximum atomic E-state index is 12.8. The van der Waals surface area contributed by atoms with Gasteiger partial charge in [0.2, 0.25) is 11.6 Å². The third-order valence-corrected chi connectivity index (χ3v) is 15.6. The summed E-state index contributed by atoms with van der Waals surface area (Å²) in [7, 11) is -8.88. The molecule has 0 bridgehead atoms. The molecule has 2 amide bonds. The number of rotatable bonds is 24. The molecule has 11 N–H and O–H groups in total. The van der Waals surface area contributed by atoms with Crippen LogP contribution in [0.25, 0.3) is 0 Å². The molecule has 0 spiro atoms. The molecule has 4 heterocycles. The number of carbonyl (C=O) groups is 2. The van der Waals surface area contributed by atoms with E-state index in [0.717, 1.165) is 28.3 Å². The summed E-state index contributed by atoms with van der Waals surface area (Å²) in [6.45, 7) is 9.55. The molecule has 1 unspecified atom stereocenters. The van der Waals surface area contributed by atoms with Gasteiger partial charge in [-0.05, 0) is 75.6 Å². The number of aliphatic hydroxyl groups excluding tert-OH is 6. The SMILES string of the molecule is CCN1C(=CC=CC=CC2=[N+](CCCCCC(=O)NCCOCCOC3O[C@@H](CO)[C@H](O)[C@H](O)[C@@H]3O[C@H]3O[C@H](CO)[C@@H](O)[C@H](OC(N)=O)[C@@H]3O)c3ccc(S(=O)(=O)O)cc3C2(C)C)C(C)(C)c2cc(S(=O)(=O)O)ccc21. The van der Waals surface area contributed by atoms with Gasteiger partial charge in [0.15, 0.2) is 24.4 Å². The molecular weight excluding hydrogens is 1040 g/mol. The molecule has 10 atom stereocenters. The number of allylic oxidation sites excluding steroid dienone is 6. The summed E-state index contributed by atoms with van der Waals surface area (Å²) in [5.41, 5.74) is 8.72. The number of anilines is 1. The van der Waals surface area contributed by atoms with Crippen LogP contribution >= 0.6 is 0 Å². The van der Waals surface area contributed by atoms with Gasteiger partial charge >= 0.3 is 6.09 Å². The molecule has 26 heteroatoms. The van der Waals surface area contributed by atoms with Gasteiger partial charge in [-0.25, -0.2) is 4.79 Å². The van der Waals surface area contributed by atoms with E-state index in [1.165, 1.54) is 24.3 Å². The van der Waals surface area contributed by atoms with Crippen LogP contribution in [-0.4, -0.2) is 193 Å². The lowest BCUT2D eigenvalue weighted by molar-refractivity contribution is -0.438. The van der Waals surface area contributed by atoms with E-state index in [1.807, 2.05) is 65.0 Å². The Morgan fingerprint density at radius 1 is 0.776 bits per heavy atom. The molecule has 76 heavy (non-hydrogen) atoms. The number of nitrogens with zero attached hydrogens (tertiary/aromatic N) is 2. The second kappa shape index (κ2) is 25.4. The first-order valence-electron chi connectivity index (χ1n) is 24.8. The lowest BCUT2D eigenvalue weighted by atomic mass is 9.81. The third-order valence-electron chi connectivity index (χ3n) is 13.9. The Morgan fingerprint density at radius 3 is 2.07 bits per heavy atom. The van der Waals surface area contributed by atoms with Crippen molar-refractivity contribution >= 4 is 49.3 Å². The van der Waals surface area contributed by atoms with Gasteiger partial charge in [0.1, 0.15) is 49.3 Å². The molecule has 4 aliphatic heterocycles. The monoisotopic (exact) mass is 1110 g/mol. The van der Waals surface area contributed by atoms with Gasteiger partial charge in [-0.1, -0.05) is 32.1 Å². The predicted molar refractivity (Wildman–Crippen MR) is 271 cm³/mol. The van der Waals surface area contributed by atoms with Crippen molar-refractivity contribution in [1.82, 2.24) is 5.32 Å². The average Bonchev–Trinajstić information content (AvgIpc) is 3.71. The van der Waals surface area contributed by atoms with Crippen molar-refractivity contribution in [3.63, 3.8) is 0 Å². The number of unbranched alkanes of at least 4 members (excludes halogenated alkanes) is 2. The maximum Gasteiger partial charge on any atom is 0.404 e. The van der Waals surface area contributed by atoms with E-state index in [4.69, 9.17) is 34.2 Å². The van der Waals surface area contributed by atoms with Crippen LogP contribution in [0.1, 0.15) is 71.4 Å². The van der Waals surface area contributed by atoms with Gasteiger partial charge in [0.05, 0.1) is 48.2 Å². The number of amides is 2. The van der Waals surface area contributed by atoms with Crippen LogP contribution in [0.3, 0.4) is 0 Å². The normalized spacial score (nSPS) is 27.9. The molecule has 0 saturated carbocycles. The van der Waals surface area contributed by atoms with Gasteiger partial charge in [0, 0.05) is 60.4 Å². The number of nitrogens with two attached hydrogens (primary N) is 1. The lowest BCUT2D eigenvalue weighted by Crippen LogP contribution is -2.65. The van der Waals surface area contributed by atoms with E-state index in [1.54, 1.807) is 12.1 Å². The highest BCUT2D eigenvalue weighted by Gasteiger charge is 2.52. The number of aliphatic hydroxyl groups is 6. The molecular formula is C50H71N4O20S2+. The molecule has 0 radical (unpaired) electrons. The van der Waals surface area contributed by atoms with Crippen LogP contribution in [0, 0.1) is 0 Å². The van der Waals surface area contributed by atoms with Crippen LogP contribution < -0.4 is 16.0 Å². The van der Waals surface area contributed by atoms with Crippen molar-refractivity contribution in [2.75, 3.05) is 57.6 Å². The predicted octanol–water partition coefficient (Wildman–Crippen LogP) is 0.807. The zero-order chi connectivity index (χ0) is 55.9. The van der Waals surface area contributed by atoms with E-state index in [0.29, 0.717) is 37.9 Å². The lowest BCUT2D eigenvalue weighted by Gasteiger charge is -2.46. The quantitative estimate of drug-likeness (QED) is 0.0301. The second-order valence-electron chi connectivity index (χ2n) is 19.7. The molecule has 6 rings (SSSR count). The van der Waals surface area contributed by atoms with Gasteiger partial charge in [-0.2, -0.15) is 21.4 Å². The Balaban J connectivity index is 0.995. The highest BCUT2D eigenvalue weighted by molar-refractivity contribution is 7.86. The number of primary amides is 1. The van der Waals surface area contributed by atoms with Crippen molar-refractivity contribution < 1.29 is 99.2 Å². The smallest absolute Gasteiger partial charge is 0.404 e. The summed E-state index contributed by atoms with van der Waals surface area (Å²) in [6, 6.07) is 9.11. The number of nitrogens with one attached hydrogen (secondary N) is 1. The molecule has 4 aliphatic rings. The Kier molecular flexibility index (Phi) is 20.2.